The molecule has 0 radical (unpaired) electrons. The minimum Gasteiger partial charge on any atom is -0.368 e. The number of anilines is 1. The molecule has 0 bridgehead atoms. The summed E-state index contributed by atoms with van der Waals surface area (Å²) in [7, 11) is 0. The first-order valence-electron chi connectivity index (χ1n) is 5.22. The molecule has 0 aliphatic heterocycles. The zero-order chi connectivity index (χ0) is 11.4. The van der Waals surface area contributed by atoms with Crippen molar-refractivity contribution in [1.82, 2.24) is 9.97 Å². The molecule has 1 N–H and O–H groups in total. The lowest BCUT2D eigenvalue weighted by Gasteiger charge is -2.10. The molecule has 84 valence electrons. The summed E-state index contributed by atoms with van der Waals surface area (Å²) in [5.41, 5.74) is 0.985. The number of aromatic nitrogens is 2. The molecule has 1 heterocycles. The van der Waals surface area contributed by atoms with Crippen LogP contribution in [0.1, 0.15) is 38.2 Å². The maximum atomic E-state index is 5.86. The quantitative estimate of drug-likeness (QED) is 0.804. The van der Waals surface area contributed by atoms with E-state index in [1.165, 1.54) is 0 Å². The third kappa shape index (κ3) is 4.04. The Morgan fingerprint density at radius 1 is 1.33 bits per heavy atom. The van der Waals surface area contributed by atoms with Crippen molar-refractivity contribution < 1.29 is 0 Å². The van der Waals surface area contributed by atoms with Crippen molar-refractivity contribution in [3.05, 3.63) is 17.6 Å². The second kappa shape index (κ2) is 5.31. The predicted molar refractivity (Wildman–Crippen MR) is 64.7 cm³/mol. The van der Waals surface area contributed by atoms with Crippen LogP contribution in [0.5, 0.6) is 0 Å². The van der Waals surface area contributed by atoms with Gasteiger partial charge in [-0.2, -0.15) is 0 Å². The van der Waals surface area contributed by atoms with Crippen LogP contribution in [-0.2, 0) is 0 Å². The fraction of sp³-hybridized carbons (Fsp3) is 0.636. The monoisotopic (exact) mass is 227 g/mol. The molecule has 1 aromatic heterocycles. The molecule has 0 spiro atoms. The van der Waals surface area contributed by atoms with Gasteiger partial charge in [0.2, 0.25) is 0 Å². The average molecular weight is 228 g/mol. The van der Waals surface area contributed by atoms with Gasteiger partial charge in [-0.15, -0.1) is 11.6 Å². The first kappa shape index (κ1) is 12.2. The van der Waals surface area contributed by atoms with E-state index in [-0.39, 0.29) is 5.38 Å². The Morgan fingerprint density at radius 3 is 2.53 bits per heavy atom. The van der Waals surface area contributed by atoms with Crippen LogP contribution >= 0.6 is 11.6 Å². The highest BCUT2D eigenvalue weighted by Crippen LogP contribution is 2.13. The van der Waals surface area contributed by atoms with Crippen molar-refractivity contribution in [3.63, 3.8) is 0 Å². The van der Waals surface area contributed by atoms with E-state index in [0.717, 1.165) is 23.9 Å². The Hall–Kier alpha value is -0.830. The molecule has 1 rings (SSSR count). The fourth-order valence-electron chi connectivity index (χ4n) is 1.19. The maximum Gasteiger partial charge on any atom is 0.133 e. The van der Waals surface area contributed by atoms with Crippen molar-refractivity contribution in [2.75, 3.05) is 11.9 Å². The van der Waals surface area contributed by atoms with Gasteiger partial charge in [0.15, 0.2) is 0 Å². The smallest absolute Gasteiger partial charge is 0.133 e. The number of rotatable bonds is 4. The number of hydrogen-bond acceptors (Lipinski definition) is 3. The standard InChI is InChI=1S/C11H18ClN3/c1-7(2)11-14-9(4)5-10(15-11)13-6-8(3)12/h5,7-8H,6H2,1-4H3,(H,13,14,15). The Kier molecular flexibility index (Phi) is 4.33. The van der Waals surface area contributed by atoms with Gasteiger partial charge >= 0.3 is 0 Å². The number of nitrogens with zero attached hydrogens (tertiary/aromatic N) is 2. The summed E-state index contributed by atoms with van der Waals surface area (Å²) in [4.78, 5) is 8.80. The molecule has 0 saturated carbocycles. The van der Waals surface area contributed by atoms with Crippen molar-refractivity contribution in [1.29, 1.82) is 0 Å². The fourth-order valence-corrected chi connectivity index (χ4v) is 1.26. The molecule has 1 aromatic rings. The van der Waals surface area contributed by atoms with E-state index in [0.29, 0.717) is 5.92 Å². The van der Waals surface area contributed by atoms with Crippen LogP contribution < -0.4 is 5.32 Å². The topological polar surface area (TPSA) is 37.8 Å². The lowest BCUT2D eigenvalue weighted by Crippen LogP contribution is -2.13. The highest BCUT2D eigenvalue weighted by Gasteiger charge is 2.06. The third-order valence-electron chi connectivity index (χ3n) is 1.95. The van der Waals surface area contributed by atoms with Crippen LogP contribution in [0.4, 0.5) is 5.82 Å². The van der Waals surface area contributed by atoms with Gasteiger partial charge in [0.1, 0.15) is 11.6 Å². The minimum atomic E-state index is 0.0998. The second-order valence-corrected chi connectivity index (χ2v) is 4.81. The Bertz CT molecular complexity index is 324. The summed E-state index contributed by atoms with van der Waals surface area (Å²) in [6.07, 6.45) is 0. The van der Waals surface area contributed by atoms with Crippen LogP contribution in [0, 0.1) is 6.92 Å². The number of alkyl halides is 1. The van der Waals surface area contributed by atoms with Crippen molar-refractivity contribution >= 4 is 17.4 Å². The molecule has 0 amide bonds. The average Bonchev–Trinajstić information content (AvgIpc) is 2.13. The van der Waals surface area contributed by atoms with Crippen LogP contribution in [-0.4, -0.2) is 21.9 Å². The van der Waals surface area contributed by atoms with Crippen LogP contribution in [0.2, 0.25) is 0 Å². The molecule has 4 heteroatoms. The summed E-state index contributed by atoms with van der Waals surface area (Å²) in [6, 6.07) is 1.94. The molecule has 1 unspecified atom stereocenters. The van der Waals surface area contributed by atoms with Crippen LogP contribution in [0.3, 0.4) is 0 Å². The summed E-state index contributed by atoms with van der Waals surface area (Å²) in [6.45, 7) is 8.82. The number of aryl methyl sites for hydroxylation is 1. The zero-order valence-corrected chi connectivity index (χ0v) is 10.5. The maximum absolute atomic E-state index is 5.86. The number of nitrogens with one attached hydrogen (secondary N) is 1. The predicted octanol–water partition coefficient (Wildman–Crippen LogP) is 2.95. The number of hydrogen-bond donors (Lipinski definition) is 1. The molecular weight excluding hydrogens is 210 g/mol. The van der Waals surface area contributed by atoms with Crippen molar-refractivity contribution in [2.24, 2.45) is 0 Å². The highest BCUT2D eigenvalue weighted by molar-refractivity contribution is 6.20. The van der Waals surface area contributed by atoms with Gasteiger partial charge in [-0.05, 0) is 13.8 Å². The highest BCUT2D eigenvalue weighted by atomic mass is 35.5. The Morgan fingerprint density at radius 2 is 2.00 bits per heavy atom. The Labute approximate surface area is 96.3 Å². The molecule has 1 atom stereocenters. The van der Waals surface area contributed by atoms with Crippen LogP contribution in [0.15, 0.2) is 6.07 Å². The first-order valence-corrected chi connectivity index (χ1v) is 5.66. The summed E-state index contributed by atoms with van der Waals surface area (Å²) in [5, 5.41) is 3.30. The van der Waals surface area contributed by atoms with Gasteiger partial charge in [-0.25, -0.2) is 9.97 Å². The van der Waals surface area contributed by atoms with E-state index < -0.39 is 0 Å². The van der Waals surface area contributed by atoms with E-state index in [1.54, 1.807) is 0 Å². The van der Waals surface area contributed by atoms with E-state index in [9.17, 15) is 0 Å². The third-order valence-corrected chi connectivity index (χ3v) is 2.11. The molecule has 0 aliphatic rings. The largest absolute Gasteiger partial charge is 0.368 e. The molecular formula is C11H18ClN3. The summed E-state index contributed by atoms with van der Waals surface area (Å²) >= 11 is 5.86. The lowest BCUT2D eigenvalue weighted by molar-refractivity contribution is 0.766. The van der Waals surface area contributed by atoms with Gasteiger partial charge in [-0.3, -0.25) is 0 Å². The van der Waals surface area contributed by atoms with Gasteiger partial charge < -0.3 is 5.32 Å². The zero-order valence-electron chi connectivity index (χ0n) is 9.71. The molecule has 15 heavy (non-hydrogen) atoms. The Balaban J connectivity index is 2.79. The van der Waals surface area contributed by atoms with Crippen LogP contribution in [0.25, 0.3) is 0 Å². The summed E-state index contributed by atoms with van der Waals surface area (Å²) in [5.74, 6) is 2.08. The summed E-state index contributed by atoms with van der Waals surface area (Å²) < 4.78 is 0. The van der Waals surface area contributed by atoms with Gasteiger partial charge in [0, 0.05) is 29.6 Å². The molecule has 0 aromatic carbocycles. The molecule has 0 saturated heterocycles. The molecule has 3 nitrogen and oxygen atoms in total. The van der Waals surface area contributed by atoms with E-state index in [4.69, 9.17) is 11.6 Å². The second-order valence-electron chi connectivity index (χ2n) is 4.07. The lowest BCUT2D eigenvalue weighted by atomic mass is 10.2. The van der Waals surface area contributed by atoms with E-state index in [2.05, 4.69) is 29.1 Å². The minimum absolute atomic E-state index is 0.0998. The molecule has 0 aliphatic carbocycles. The first-order chi connectivity index (χ1) is 6.99. The molecule has 0 fully saturated rings. The normalized spacial score (nSPS) is 12.9. The van der Waals surface area contributed by atoms with Gasteiger partial charge in [0.05, 0.1) is 0 Å². The van der Waals surface area contributed by atoms with Crippen molar-refractivity contribution in [3.8, 4) is 0 Å². The van der Waals surface area contributed by atoms with E-state index >= 15 is 0 Å². The SMILES string of the molecule is Cc1cc(NCC(C)Cl)nc(C(C)C)n1. The van der Waals surface area contributed by atoms with E-state index in [1.807, 2.05) is 19.9 Å². The van der Waals surface area contributed by atoms with Gasteiger partial charge in [-0.1, -0.05) is 13.8 Å². The van der Waals surface area contributed by atoms with Crippen molar-refractivity contribution in [2.45, 2.75) is 39.0 Å². The van der Waals surface area contributed by atoms with Gasteiger partial charge in [0.25, 0.3) is 0 Å². The number of halogens is 1.